The van der Waals surface area contributed by atoms with Crippen molar-refractivity contribution in [2.45, 2.75) is 25.7 Å². The molecule has 0 radical (unpaired) electrons. The van der Waals surface area contributed by atoms with Crippen LogP contribution < -0.4 is 5.32 Å². The fourth-order valence-electron chi connectivity index (χ4n) is 3.70. The predicted molar refractivity (Wildman–Crippen MR) is 87.9 cm³/mol. The number of hydrogen-bond donors (Lipinski definition) is 2. The van der Waals surface area contributed by atoms with Gasteiger partial charge in [-0.15, -0.1) is 0 Å². The fraction of sp³-hybridized carbons (Fsp3) is 0.444. The number of nitrogens with zero attached hydrogens (tertiary/aromatic N) is 1. The van der Waals surface area contributed by atoms with Crippen molar-refractivity contribution in [1.82, 2.24) is 10.2 Å². The number of carbonyl (C=O) groups excluding carboxylic acids is 3. The van der Waals surface area contributed by atoms with Crippen LogP contribution in [0.2, 0.25) is 0 Å². The van der Waals surface area contributed by atoms with Crippen molar-refractivity contribution in [3.8, 4) is 0 Å². The van der Waals surface area contributed by atoms with Gasteiger partial charge in [-0.2, -0.15) is 0 Å². The van der Waals surface area contributed by atoms with Gasteiger partial charge < -0.3 is 10.4 Å². The molecule has 3 amide bonds. The molecular formula is C18H20N2O5. The number of amides is 3. The number of carboxylic acid groups (broad SMARTS) is 1. The van der Waals surface area contributed by atoms with E-state index in [2.05, 4.69) is 5.32 Å². The molecule has 132 valence electrons. The van der Waals surface area contributed by atoms with Gasteiger partial charge in [0.25, 0.3) is 11.8 Å². The van der Waals surface area contributed by atoms with Gasteiger partial charge in [-0.3, -0.25) is 24.1 Å². The molecule has 2 aliphatic rings. The van der Waals surface area contributed by atoms with Crippen molar-refractivity contribution in [1.29, 1.82) is 0 Å². The third kappa shape index (κ3) is 3.40. The van der Waals surface area contributed by atoms with Crippen molar-refractivity contribution in [3.63, 3.8) is 0 Å². The summed E-state index contributed by atoms with van der Waals surface area (Å²) < 4.78 is 0. The Labute approximate surface area is 145 Å². The minimum absolute atomic E-state index is 0.148. The van der Waals surface area contributed by atoms with Gasteiger partial charge in [-0.25, -0.2) is 0 Å². The van der Waals surface area contributed by atoms with Crippen LogP contribution in [0.5, 0.6) is 0 Å². The molecule has 1 aliphatic heterocycles. The lowest BCUT2D eigenvalue weighted by Gasteiger charge is -2.32. The van der Waals surface area contributed by atoms with Gasteiger partial charge in [-0.1, -0.05) is 25.0 Å². The van der Waals surface area contributed by atoms with Crippen LogP contribution in [-0.4, -0.2) is 46.8 Å². The number of nitrogens with one attached hydrogen (secondary N) is 1. The largest absolute Gasteiger partial charge is 0.480 e. The minimum Gasteiger partial charge on any atom is -0.480 e. The molecule has 2 N–H and O–H groups in total. The number of carbonyl (C=O) groups is 4. The van der Waals surface area contributed by atoms with Crippen LogP contribution in [-0.2, 0) is 9.59 Å². The van der Waals surface area contributed by atoms with E-state index in [1.165, 1.54) is 4.90 Å². The van der Waals surface area contributed by atoms with Crippen molar-refractivity contribution >= 4 is 23.7 Å². The van der Waals surface area contributed by atoms with E-state index in [1.807, 2.05) is 0 Å². The van der Waals surface area contributed by atoms with E-state index in [4.69, 9.17) is 5.11 Å². The van der Waals surface area contributed by atoms with Gasteiger partial charge in [0.1, 0.15) is 6.54 Å². The summed E-state index contributed by atoms with van der Waals surface area (Å²) in [5.41, 5.74) is 0.797. The summed E-state index contributed by atoms with van der Waals surface area (Å²) >= 11 is 0. The summed E-state index contributed by atoms with van der Waals surface area (Å²) in [7, 11) is 0. The zero-order chi connectivity index (χ0) is 18.0. The van der Waals surface area contributed by atoms with Crippen LogP contribution in [0.25, 0.3) is 0 Å². The van der Waals surface area contributed by atoms with Crippen molar-refractivity contribution in [2.75, 3.05) is 13.1 Å². The molecule has 7 heteroatoms. The van der Waals surface area contributed by atoms with E-state index in [0.717, 1.165) is 19.3 Å². The second kappa shape index (κ2) is 7.04. The standard InChI is InChI=1S/C18H20N2O5/c21-15(22)9-19-16(23)12-6-2-1-5-11(12)10-20-17(24)13-7-3-4-8-14(13)18(20)25/h3-4,7-8,11-12H,1-2,5-6,9-10H2,(H,19,23)(H,21,22). The molecule has 1 heterocycles. The molecule has 0 saturated heterocycles. The Morgan fingerprint density at radius 2 is 1.68 bits per heavy atom. The lowest BCUT2D eigenvalue weighted by atomic mass is 9.78. The van der Waals surface area contributed by atoms with E-state index >= 15 is 0 Å². The fourth-order valence-corrected chi connectivity index (χ4v) is 3.70. The average molecular weight is 344 g/mol. The maximum atomic E-state index is 12.5. The molecule has 2 atom stereocenters. The highest BCUT2D eigenvalue weighted by Gasteiger charge is 2.39. The Morgan fingerprint density at radius 3 is 2.28 bits per heavy atom. The molecule has 3 rings (SSSR count). The molecule has 1 aliphatic carbocycles. The number of hydrogen-bond acceptors (Lipinski definition) is 4. The molecule has 25 heavy (non-hydrogen) atoms. The summed E-state index contributed by atoms with van der Waals surface area (Å²) in [5.74, 6) is -2.58. The minimum atomic E-state index is -1.10. The molecule has 1 fully saturated rings. The van der Waals surface area contributed by atoms with Crippen LogP contribution in [0, 0.1) is 11.8 Å². The van der Waals surface area contributed by atoms with Crippen molar-refractivity contribution < 1.29 is 24.3 Å². The van der Waals surface area contributed by atoms with Crippen LogP contribution in [0.15, 0.2) is 24.3 Å². The molecule has 0 spiro atoms. The first-order valence-electron chi connectivity index (χ1n) is 8.43. The van der Waals surface area contributed by atoms with Gasteiger partial charge >= 0.3 is 5.97 Å². The maximum absolute atomic E-state index is 12.5. The Kier molecular flexibility index (Phi) is 4.83. The number of imide groups is 1. The lowest BCUT2D eigenvalue weighted by Crippen LogP contribution is -2.44. The number of benzene rings is 1. The summed E-state index contributed by atoms with van der Waals surface area (Å²) in [6.07, 6.45) is 3.18. The second-order valence-corrected chi connectivity index (χ2v) is 6.53. The molecule has 7 nitrogen and oxygen atoms in total. The first-order chi connectivity index (χ1) is 12.0. The summed E-state index contributed by atoms with van der Waals surface area (Å²) in [6, 6.07) is 6.70. The van der Waals surface area contributed by atoms with E-state index in [9.17, 15) is 19.2 Å². The molecule has 0 aromatic heterocycles. The van der Waals surface area contributed by atoms with E-state index < -0.39 is 12.5 Å². The van der Waals surface area contributed by atoms with Crippen molar-refractivity contribution in [2.24, 2.45) is 11.8 Å². The predicted octanol–water partition coefficient (Wildman–Crippen LogP) is 1.29. The van der Waals surface area contributed by atoms with Gasteiger partial charge in [0, 0.05) is 12.5 Å². The first-order valence-corrected chi connectivity index (χ1v) is 8.43. The summed E-state index contributed by atoms with van der Waals surface area (Å²) in [6.45, 7) is -0.230. The normalized spacial score (nSPS) is 22.6. The van der Waals surface area contributed by atoms with E-state index in [1.54, 1.807) is 24.3 Å². The third-order valence-electron chi connectivity index (χ3n) is 4.95. The SMILES string of the molecule is O=C(O)CNC(=O)C1CCCCC1CN1C(=O)c2ccccc2C1=O. The average Bonchev–Trinajstić information content (AvgIpc) is 2.85. The Hall–Kier alpha value is -2.70. The smallest absolute Gasteiger partial charge is 0.322 e. The zero-order valence-corrected chi connectivity index (χ0v) is 13.7. The van der Waals surface area contributed by atoms with Gasteiger partial charge in [0.05, 0.1) is 11.1 Å². The highest BCUT2D eigenvalue weighted by atomic mass is 16.4. The topological polar surface area (TPSA) is 104 Å². The van der Waals surface area contributed by atoms with Crippen LogP contribution in [0.1, 0.15) is 46.4 Å². The van der Waals surface area contributed by atoms with Crippen molar-refractivity contribution in [3.05, 3.63) is 35.4 Å². The number of aliphatic carboxylic acids is 1. The molecule has 2 unspecified atom stereocenters. The Balaban J connectivity index is 1.72. The number of rotatable bonds is 5. The lowest BCUT2D eigenvalue weighted by molar-refractivity contribution is -0.139. The molecule has 1 aromatic carbocycles. The molecule has 0 bridgehead atoms. The van der Waals surface area contributed by atoms with Crippen LogP contribution >= 0.6 is 0 Å². The Morgan fingerprint density at radius 1 is 1.08 bits per heavy atom. The summed E-state index contributed by atoms with van der Waals surface area (Å²) in [5, 5.41) is 11.1. The molecule has 1 saturated carbocycles. The van der Waals surface area contributed by atoms with Crippen LogP contribution in [0.4, 0.5) is 0 Å². The van der Waals surface area contributed by atoms with Crippen LogP contribution in [0.3, 0.4) is 0 Å². The zero-order valence-electron chi connectivity index (χ0n) is 13.7. The summed E-state index contributed by atoms with van der Waals surface area (Å²) in [4.78, 5) is 49.2. The maximum Gasteiger partial charge on any atom is 0.322 e. The van der Waals surface area contributed by atoms with Gasteiger partial charge in [-0.05, 0) is 30.9 Å². The second-order valence-electron chi connectivity index (χ2n) is 6.53. The molecular weight excluding hydrogens is 324 g/mol. The van der Waals surface area contributed by atoms with E-state index in [-0.39, 0.29) is 36.1 Å². The molecule has 1 aromatic rings. The Bertz CT molecular complexity index is 695. The highest BCUT2D eigenvalue weighted by molar-refractivity contribution is 6.21. The van der Waals surface area contributed by atoms with Gasteiger partial charge in [0.2, 0.25) is 5.91 Å². The first kappa shape index (κ1) is 17.1. The highest BCUT2D eigenvalue weighted by Crippen LogP contribution is 2.33. The monoisotopic (exact) mass is 344 g/mol. The van der Waals surface area contributed by atoms with Gasteiger partial charge in [0.15, 0.2) is 0 Å². The third-order valence-corrected chi connectivity index (χ3v) is 4.95. The van der Waals surface area contributed by atoms with E-state index in [0.29, 0.717) is 17.5 Å². The number of fused-ring (bicyclic) bond motifs is 1. The quantitative estimate of drug-likeness (QED) is 0.783. The number of carboxylic acids is 1.